The largest absolute Gasteiger partial charge is 0.497 e. The highest BCUT2D eigenvalue weighted by molar-refractivity contribution is 7.92. The molecule has 0 aromatic heterocycles. The fourth-order valence-corrected chi connectivity index (χ4v) is 5.88. The van der Waals surface area contributed by atoms with Crippen molar-refractivity contribution >= 4 is 27.5 Å². The lowest BCUT2D eigenvalue weighted by molar-refractivity contribution is -0.140. The van der Waals surface area contributed by atoms with E-state index < -0.39 is 34.1 Å². The minimum atomic E-state index is -4.12. The summed E-state index contributed by atoms with van der Waals surface area (Å²) >= 11 is 0. The molecular formula is C32H41N3O5S. The van der Waals surface area contributed by atoms with E-state index in [0.29, 0.717) is 24.3 Å². The first-order valence-corrected chi connectivity index (χ1v) is 15.2. The monoisotopic (exact) mass is 579 g/mol. The Morgan fingerprint density at radius 2 is 1.54 bits per heavy atom. The van der Waals surface area contributed by atoms with Gasteiger partial charge in [0.15, 0.2) is 0 Å². The molecule has 0 aliphatic rings. The van der Waals surface area contributed by atoms with Crippen LogP contribution in [-0.4, -0.2) is 56.9 Å². The van der Waals surface area contributed by atoms with Crippen molar-refractivity contribution in [2.24, 2.45) is 0 Å². The van der Waals surface area contributed by atoms with E-state index in [2.05, 4.69) is 5.32 Å². The van der Waals surface area contributed by atoms with Crippen LogP contribution in [0.4, 0.5) is 5.69 Å². The maximum Gasteiger partial charge on any atom is 0.264 e. The number of hydrogen-bond donors (Lipinski definition) is 1. The summed E-state index contributed by atoms with van der Waals surface area (Å²) in [4.78, 5) is 29.0. The van der Waals surface area contributed by atoms with E-state index in [0.717, 1.165) is 15.4 Å². The standard InChI is InChI=1S/C32H41N3O5S/c1-7-29(31(37)33-32(3,4)5)34(22-21-25-11-9-8-10-12-25)30(36)23-35(26-15-17-27(40-6)18-16-26)41(38,39)28-19-13-24(2)14-20-28/h8-20,29H,7,21-23H2,1-6H3,(H,33,37). The third-order valence-electron chi connectivity index (χ3n) is 6.62. The number of benzene rings is 3. The van der Waals surface area contributed by atoms with Crippen molar-refractivity contribution in [2.75, 3.05) is 24.5 Å². The summed E-state index contributed by atoms with van der Waals surface area (Å²) < 4.78 is 34.2. The zero-order valence-corrected chi connectivity index (χ0v) is 25.6. The Morgan fingerprint density at radius 1 is 0.927 bits per heavy atom. The second kappa shape index (κ2) is 13.7. The molecule has 0 aliphatic heterocycles. The quantitative estimate of drug-likeness (QED) is 0.327. The van der Waals surface area contributed by atoms with Crippen LogP contribution < -0.4 is 14.4 Å². The zero-order chi connectivity index (χ0) is 30.2. The van der Waals surface area contributed by atoms with Gasteiger partial charge in [0.2, 0.25) is 11.8 Å². The van der Waals surface area contributed by atoms with Crippen LogP contribution in [0.15, 0.2) is 83.8 Å². The Morgan fingerprint density at radius 3 is 2.07 bits per heavy atom. The summed E-state index contributed by atoms with van der Waals surface area (Å²) in [6.45, 7) is 9.14. The summed E-state index contributed by atoms with van der Waals surface area (Å²) in [6.07, 6.45) is 0.884. The van der Waals surface area contributed by atoms with Gasteiger partial charge in [0.1, 0.15) is 18.3 Å². The molecule has 0 bridgehead atoms. The molecule has 9 heteroatoms. The van der Waals surface area contributed by atoms with Gasteiger partial charge < -0.3 is 15.0 Å². The number of methoxy groups -OCH3 is 1. The van der Waals surface area contributed by atoms with Crippen LogP contribution in [0.1, 0.15) is 45.2 Å². The average Bonchev–Trinajstić information content (AvgIpc) is 2.93. The van der Waals surface area contributed by atoms with E-state index in [9.17, 15) is 18.0 Å². The van der Waals surface area contributed by atoms with Gasteiger partial charge in [-0.2, -0.15) is 0 Å². The molecule has 0 fully saturated rings. The van der Waals surface area contributed by atoms with Gasteiger partial charge in [-0.1, -0.05) is 55.0 Å². The fraction of sp³-hybridized carbons (Fsp3) is 0.375. The van der Waals surface area contributed by atoms with Crippen molar-refractivity contribution in [2.45, 2.75) is 63.9 Å². The minimum Gasteiger partial charge on any atom is -0.497 e. The number of carbonyl (C=O) groups is 2. The second-order valence-corrected chi connectivity index (χ2v) is 12.9. The molecule has 0 radical (unpaired) electrons. The van der Waals surface area contributed by atoms with E-state index in [1.807, 2.05) is 65.0 Å². The highest BCUT2D eigenvalue weighted by Gasteiger charge is 2.34. The molecule has 2 amide bonds. The molecule has 0 spiro atoms. The molecule has 1 unspecified atom stereocenters. The van der Waals surface area contributed by atoms with Crippen molar-refractivity contribution < 1.29 is 22.7 Å². The number of nitrogens with one attached hydrogen (secondary N) is 1. The highest BCUT2D eigenvalue weighted by Crippen LogP contribution is 2.27. The smallest absolute Gasteiger partial charge is 0.264 e. The fourth-order valence-electron chi connectivity index (χ4n) is 4.46. The van der Waals surface area contributed by atoms with Crippen molar-refractivity contribution in [3.05, 3.63) is 90.0 Å². The van der Waals surface area contributed by atoms with Crippen LogP contribution in [0.3, 0.4) is 0 Å². The molecule has 41 heavy (non-hydrogen) atoms. The molecule has 8 nitrogen and oxygen atoms in total. The SMILES string of the molecule is CCC(C(=O)NC(C)(C)C)N(CCc1ccccc1)C(=O)CN(c1ccc(OC)cc1)S(=O)(=O)c1ccc(C)cc1. The molecule has 0 aliphatic carbocycles. The van der Waals surface area contributed by atoms with Crippen LogP contribution in [0.25, 0.3) is 0 Å². The van der Waals surface area contributed by atoms with Crippen LogP contribution in [0.5, 0.6) is 5.75 Å². The Hall–Kier alpha value is -3.85. The van der Waals surface area contributed by atoms with Crippen molar-refractivity contribution in [1.29, 1.82) is 0 Å². The molecule has 220 valence electrons. The minimum absolute atomic E-state index is 0.0695. The number of aryl methyl sites for hydroxylation is 1. The zero-order valence-electron chi connectivity index (χ0n) is 24.8. The summed E-state index contributed by atoms with van der Waals surface area (Å²) in [6, 6.07) is 21.9. The topological polar surface area (TPSA) is 96.0 Å². The van der Waals surface area contributed by atoms with Crippen LogP contribution in [0, 0.1) is 6.92 Å². The lowest BCUT2D eigenvalue weighted by Gasteiger charge is -2.34. The van der Waals surface area contributed by atoms with Gasteiger partial charge in [0, 0.05) is 12.1 Å². The number of nitrogens with zero attached hydrogens (tertiary/aromatic N) is 2. The van der Waals surface area contributed by atoms with E-state index in [4.69, 9.17) is 4.74 Å². The first-order chi connectivity index (χ1) is 19.4. The molecule has 0 saturated carbocycles. The van der Waals surface area contributed by atoms with E-state index in [-0.39, 0.29) is 17.3 Å². The van der Waals surface area contributed by atoms with Gasteiger partial charge in [0.25, 0.3) is 10.0 Å². The molecule has 3 aromatic rings. The summed E-state index contributed by atoms with van der Waals surface area (Å²) in [7, 11) is -2.60. The first-order valence-electron chi connectivity index (χ1n) is 13.7. The number of rotatable bonds is 12. The number of anilines is 1. The Labute approximate surface area is 244 Å². The maximum atomic E-state index is 14.1. The molecule has 3 rings (SSSR count). The van der Waals surface area contributed by atoms with Crippen molar-refractivity contribution in [3.63, 3.8) is 0 Å². The number of carbonyl (C=O) groups excluding carboxylic acids is 2. The van der Waals surface area contributed by atoms with E-state index in [1.54, 1.807) is 36.4 Å². The Balaban J connectivity index is 2.02. The van der Waals surface area contributed by atoms with Gasteiger partial charge in [-0.3, -0.25) is 13.9 Å². The number of hydrogen-bond acceptors (Lipinski definition) is 5. The number of amides is 2. The second-order valence-electron chi connectivity index (χ2n) is 11.0. The van der Waals surface area contributed by atoms with Gasteiger partial charge in [-0.15, -0.1) is 0 Å². The van der Waals surface area contributed by atoms with Gasteiger partial charge in [0.05, 0.1) is 17.7 Å². The van der Waals surface area contributed by atoms with Crippen LogP contribution >= 0.6 is 0 Å². The number of ether oxygens (including phenoxy) is 1. The predicted octanol–water partition coefficient (Wildman–Crippen LogP) is 4.96. The van der Waals surface area contributed by atoms with E-state index >= 15 is 0 Å². The third kappa shape index (κ3) is 8.57. The van der Waals surface area contributed by atoms with Gasteiger partial charge >= 0.3 is 0 Å². The average molecular weight is 580 g/mol. The Kier molecular flexibility index (Phi) is 10.6. The summed E-state index contributed by atoms with van der Waals surface area (Å²) in [5.41, 5.74) is 1.74. The molecule has 0 heterocycles. The van der Waals surface area contributed by atoms with Crippen LogP contribution in [0.2, 0.25) is 0 Å². The molecule has 3 aromatic carbocycles. The summed E-state index contributed by atoms with van der Waals surface area (Å²) in [5, 5.41) is 2.98. The predicted molar refractivity (Wildman–Crippen MR) is 163 cm³/mol. The lowest BCUT2D eigenvalue weighted by Crippen LogP contribution is -2.56. The lowest BCUT2D eigenvalue weighted by atomic mass is 10.1. The van der Waals surface area contributed by atoms with Gasteiger partial charge in [-0.25, -0.2) is 8.42 Å². The molecule has 1 atom stereocenters. The van der Waals surface area contributed by atoms with Gasteiger partial charge in [-0.05, 0) is 82.5 Å². The summed E-state index contributed by atoms with van der Waals surface area (Å²) in [5.74, 6) is -0.190. The van der Waals surface area contributed by atoms with Crippen molar-refractivity contribution in [1.82, 2.24) is 10.2 Å². The maximum absolute atomic E-state index is 14.1. The Bertz CT molecular complexity index is 1400. The normalized spacial score (nSPS) is 12.3. The molecule has 0 saturated heterocycles. The first kappa shape index (κ1) is 31.7. The molecular weight excluding hydrogens is 538 g/mol. The van der Waals surface area contributed by atoms with Crippen molar-refractivity contribution in [3.8, 4) is 5.75 Å². The number of sulfonamides is 1. The molecule has 1 N–H and O–H groups in total. The van der Waals surface area contributed by atoms with Crippen LogP contribution in [-0.2, 0) is 26.0 Å². The third-order valence-corrected chi connectivity index (χ3v) is 8.40. The van der Waals surface area contributed by atoms with E-state index in [1.165, 1.54) is 24.1 Å². The highest BCUT2D eigenvalue weighted by atomic mass is 32.2.